The van der Waals surface area contributed by atoms with Crippen molar-refractivity contribution in [2.24, 2.45) is 0 Å². The first-order valence-corrected chi connectivity index (χ1v) is 7.59. The van der Waals surface area contributed by atoms with E-state index in [1.807, 2.05) is 13.0 Å². The van der Waals surface area contributed by atoms with Crippen LogP contribution in [0.5, 0.6) is 0 Å². The molecule has 0 bridgehead atoms. The lowest BCUT2D eigenvalue weighted by molar-refractivity contribution is -0.115. The zero-order chi connectivity index (χ0) is 17.0. The summed E-state index contributed by atoms with van der Waals surface area (Å²) in [6.07, 6.45) is -2.51. The molecule has 4 rings (SSSR count). The molecule has 0 fully saturated rings. The van der Waals surface area contributed by atoms with Crippen LogP contribution in [0.4, 0.5) is 14.5 Å². The minimum absolute atomic E-state index is 0.125. The number of nitrogens with one attached hydrogen (secondary N) is 1. The molecule has 0 atom stereocenters. The molecular weight excluding hydrogens is 338 g/mol. The highest BCUT2D eigenvalue weighted by Crippen LogP contribution is 2.37. The predicted molar refractivity (Wildman–Crippen MR) is 85.5 cm³/mol. The van der Waals surface area contributed by atoms with Gasteiger partial charge >= 0.3 is 0 Å². The maximum atomic E-state index is 12.9. The van der Waals surface area contributed by atoms with Gasteiger partial charge in [0.2, 0.25) is 11.7 Å². The van der Waals surface area contributed by atoms with Gasteiger partial charge in [-0.05, 0) is 36.2 Å². The number of aryl methyl sites for hydroxylation is 1. The lowest BCUT2D eigenvalue weighted by Crippen LogP contribution is -2.03. The summed E-state index contributed by atoms with van der Waals surface area (Å²) in [6.45, 7) is 1.85. The number of amides is 1. The van der Waals surface area contributed by atoms with Gasteiger partial charge in [-0.2, -0.15) is 0 Å². The van der Waals surface area contributed by atoms with Crippen molar-refractivity contribution < 1.29 is 13.6 Å². The fourth-order valence-electron chi connectivity index (χ4n) is 2.94. The molecule has 1 N–H and O–H groups in total. The number of hydrogen-bond donors (Lipinski definition) is 1. The Labute approximate surface area is 140 Å². The van der Waals surface area contributed by atoms with Crippen molar-refractivity contribution >= 4 is 28.8 Å². The number of carbonyl (C=O) groups excluding carboxylic acids is 1. The fourth-order valence-corrected chi connectivity index (χ4v) is 3.22. The molecule has 0 aliphatic carbocycles. The van der Waals surface area contributed by atoms with Gasteiger partial charge in [-0.1, -0.05) is 17.7 Å². The highest BCUT2D eigenvalue weighted by atomic mass is 35.5. The second kappa shape index (κ2) is 5.24. The van der Waals surface area contributed by atoms with Gasteiger partial charge in [-0.15, -0.1) is 5.10 Å². The van der Waals surface area contributed by atoms with Gasteiger partial charge in [-0.25, -0.2) is 18.3 Å². The smallest absolute Gasteiger partial charge is 0.299 e. The van der Waals surface area contributed by atoms with Crippen LogP contribution in [0.3, 0.4) is 0 Å². The van der Waals surface area contributed by atoms with Gasteiger partial charge in [0, 0.05) is 5.56 Å². The van der Waals surface area contributed by atoms with Crippen molar-refractivity contribution in [2.45, 2.75) is 19.8 Å². The average molecular weight is 349 g/mol. The molecule has 1 amide bonds. The topological polar surface area (TPSA) is 59.3 Å². The van der Waals surface area contributed by atoms with Gasteiger partial charge in [-0.3, -0.25) is 4.79 Å². The summed E-state index contributed by atoms with van der Waals surface area (Å²) < 4.78 is 27.2. The number of nitrogens with zero attached hydrogens (tertiary/aromatic N) is 3. The van der Waals surface area contributed by atoms with Crippen molar-refractivity contribution in [1.29, 1.82) is 0 Å². The Balaban J connectivity index is 1.97. The number of halogens is 3. The zero-order valence-corrected chi connectivity index (χ0v) is 13.2. The number of fused-ring (bicyclic) bond motifs is 2. The number of anilines is 1. The fraction of sp³-hybridized carbons (Fsp3) is 0.188. The molecule has 122 valence electrons. The van der Waals surface area contributed by atoms with E-state index in [0.29, 0.717) is 27.6 Å². The van der Waals surface area contributed by atoms with Gasteiger partial charge in [0.1, 0.15) is 0 Å². The van der Waals surface area contributed by atoms with Gasteiger partial charge in [0.15, 0.2) is 5.65 Å². The molecule has 1 aliphatic heterocycles. The number of benzene rings is 1. The third-order valence-electron chi connectivity index (χ3n) is 3.97. The van der Waals surface area contributed by atoms with E-state index in [1.165, 1.54) is 4.52 Å². The molecule has 24 heavy (non-hydrogen) atoms. The van der Waals surface area contributed by atoms with E-state index < -0.39 is 12.2 Å². The standard InChI is InChI=1S/C16H11ClF2N4O/c1-7-2-3-11-20-16(15(18)19)22-23(11)14(7)9-4-8-6-12(24)21-13(8)10(17)5-9/h2-5,15H,6H2,1H3,(H,21,24). The summed E-state index contributed by atoms with van der Waals surface area (Å²) >= 11 is 6.27. The summed E-state index contributed by atoms with van der Waals surface area (Å²) in [7, 11) is 0. The van der Waals surface area contributed by atoms with Crippen LogP contribution in [0, 0.1) is 6.92 Å². The molecule has 8 heteroatoms. The predicted octanol–water partition coefficient (Wildman–Crippen LogP) is 3.79. The van der Waals surface area contributed by atoms with Gasteiger partial charge in [0.25, 0.3) is 6.43 Å². The third-order valence-corrected chi connectivity index (χ3v) is 4.27. The third kappa shape index (κ3) is 2.24. The molecule has 0 unspecified atom stereocenters. The zero-order valence-electron chi connectivity index (χ0n) is 12.5. The quantitative estimate of drug-likeness (QED) is 0.766. The Bertz CT molecular complexity index is 999. The molecule has 3 aromatic rings. The van der Waals surface area contributed by atoms with Crippen LogP contribution in [0.2, 0.25) is 5.02 Å². The number of alkyl halides is 2. The minimum atomic E-state index is -2.75. The van der Waals surface area contributed by atoms with Gasteiger partial charge in [0.05, 0.1) is 22.8 Å². The normalized spacial score (nSPS) is 13.6. The molecule has 1 aromatic carbocycles. The summed E-state index contributed by atoms with van der Waals surface area (Å²) in [5.41, 5.74) is 3.86. The summed E-state index contributed by atoms with van der Waals surface area (Å²) in [5, 5.41) is 7.03. The first-order valence-electron chi connectivity index (χ1n) is 7.21. The van der Waals surface area contributed by atoms with Crippen LogP contribution in [-0.2, 0) is 11.2 Å². The van der Waals surface area contributed by atoms with Crippen LogP contribution >= 0.6 is 11.6 Å². The van der Waals surface area contributed by atoms with Crippen LogP contribution < -0.4 is 5.32 Å². The maximum Gasteiger partial charge on any atom is 0.299 e. The first-order chi connectivity index (χ1) is 11.4. The Morgan fingerprint density at radius 1 is 1.33 bits per heavy atom. The lowest BCUT2D eigenvalue weighted by Gasteiger charge is -2.11. The Kier molecular flexibility index (Phi) is 3.28. The number of aromatic nitrogens is 3. The highest BCUT2D eigenvalue weighted by molar-refractivity contribution is 6.34. The average Bonchev–Trinajstić information content (AvgIpc) is 3.10. The number of carbonyl (C=O) groups is 1. The van der Waals surface area contributed by atoms with E-state index in [-0.39, 0.29) is 12.3 Å². The van der Waals surface area contributed by atoms with E-state index in [2.05, 4.69) is 15.4 Å². The number of rotatable bonds is 2. The Morgan fingerprint density at radius 2 is 2.12 bits per heavy atom. The Morgan fingerprint density at radius 3 is 2.88 bits per heavy atom. The second-order valence-corrected chi connectivity index (χ2v) is 6.03. The highest BCUT2D eigenvalue weighted by Gasteiger charge is 2.23. The molecule has 0 spiro atoms. The van der Waals surface area contributed by atoms with Crippen molar-refractivity contribution in [3.8, 4) is 11.3 Å². The van der Waals surface area contributed by atoms with Crippen molar-refractivity contribution in [3.05, 3.63) is 46.2 Å². The SMILES string of the molecule is Cc1ccc2nc(C(F)F)nn2c1-c1cc(Cl)c2c(c1)CC(=O)N2. The molecule has 5 nitrogen and oxygen atoms in total. The van der Waals surface area contributed by atoms with Crippen LogP contribution in [0.15, 0.2) is 24.3 Å². The van der Waals surface area contributed by atoms with Crippen molar-refractivity contribution in [2.75, 3.05) is 5.32 Å². The van der Waals surface area contributed by atoms with E-state index in [4.69, 9.17) is 11.6 Å². The summed E-state index contributed by atoms with van der Waals surface area (Å²) in [4.78, 5) is 15.4. The number of pyridine rings is 1. The lowest BCUT2D eigenvalue weighted by atomic mass is 10.0. The molecule has 0 saturated heterocycles. The van der Waals surface area contributed by atoms with E-state index >= 15 is 0 Å². The minimum Gasteiger partial charge on any atom is -0.324 e. The largest absolute Gasteiger partial charge is 0.324 e. The van der Waals surface area contributed by atoms with E-state index in [0.717, 1.165) is 11.1 Å². The second-order valence-electron chi connectivity index (χ2n) is 5.62. The monoisotopic (exact) mass is 348 g/mol. The van der Waals surface area contributed by atoms with E-state index in [9.17, 15) is 13.6 Å². The molecule has 2 aromatic heterocycles. The summed E-state index contributed by atoms with van der Waals surface area (Å²) in [5.74, 6) is -0.648. The van der Waals surface area contributed by atoms with E-state index in [1.54, 1.807) is 18.2 Å². The molecule has 3 heterocycles. The number of hydrogen-bond acceptors (Lipinski definition) is 3. The van der Waals surface area contributed by atoms with Crippen LogP contribution in [-0.4, -0.2) is 20.5 Å². The molecular formula is C16H11ClF2N4O. The molecule has 0 saturated carbocycles. The summed E-state index contributed by atoms with van der Waals surface area (Å²) in [6, 6.07) is 6.94. The Hall–Kier alpha value is -2.54. The molecule has 0 radical (unpaired) electrons. The van der Waals surface area contributed by atoms with Crippen LogP contribution in [0.25, 0.3) is 16.9 Å². The van der Waals surface area contributed by atoms with Crippen molar-refractivity contribution in [3.63, 3.8) is 0 Å². The molecule has 1 aliphatic rings. The first kappa shape index (κ1) is 15.0. The maximum absolute atomic E-state index is 12.9. The van der Waals surface area contributed by atoms with Crippen molar-refractivity contribution in [1.82, 2.24) is 14.6 Å². The van der Waals surface area contributed by atoms with Crippen LogP contribution in [0.1, 0.15) is 23.4 Å². The van der Waals surface area contributed by atoms with Gasteiger partial charge < -0.3 is 5.32 Å².